The van der Waals surface area contributed by atoms with Gasteiger partial charge in [-0.3, -0.25) is 0 Å². The summed E-state index contributed by atoms with van der Waals surface area (Å²) < 4.78 is 5.47. The first-order chi connectivity index (χ1) is 6.35. The van der Waals surface area contributed by atoms with Gasteiger partial charge in [0.1, 0.15) is 0 Å². The third kappa shape index (κ3) is 2.96. The SMILES string of the molecule is CC.COC1(CN2CCCC2)CC1. The molecule has 0 aromatic rings. The van der Waals surface area contributed by atoms with Gasteiger partial charge in [-0.1, -0.05) is 13.8 Å². The quantitative estimate of drug-likeness (QED) is 0.669. The lowest BCUT2D eigenvalue weighted by Crippen LogP contribution is -2.32. The second-order valence-electron chi connectivity index (χ2n) is 3.87. The maximum Gasteiger partial charge on any atom is 0.0807 e. The van der Waals surface area contributed by atoms with Gasteiger partial charge in [0.05, 0.1) is 5.60 Å². The zero-order chi connectivity index (χ0) is 9.73. The van der Waals surface area contributed by atoms with Gasteiger partial charge in [0.15, 0.2) is 0 Å². The summed E-state index contributed by atoms with van der Waals surface area (Å²) in [6.45, 7) is 7.78. The van der Waals surface area contributed by atoms with E-state index in [4.69, 9.17) is 4.74 Å². The van der Waals surface area contributed by atoms with Crippen LogP contribution in [0, 0.1) is 0 Å². The molecule has 1 aliphatic heterocycles. The van der Waals surface area contributed by atoms with Gasteiger partial charge in [-0.05, 0) is 38.8 Å². The summed E-state index contributed by atoms with van der Waals surface area (Å²) in [7, 11) is 1.85. The second kappa shape index (κ2) is 4.97. The number of hydrogen-bond acceptors (Lipinski definition) is 2. The zero-order valence-corrected chi connectivity index (χ0v) is 9.31. The molecule has 1 saturated heterocycles. The van der Waals surface area contributed by atoms with Crippen LogP contribution in [0.25, 0.3) is 0 Å². The van der Waals surface area contributed by atoms with Crippen LogP contribution < -0.4 is 0 Å². The molecule has 0 bridgehead atoms. The third-order valence-corrected chi connectivity index (χ3v) is 2.95. The van der Waals surface area contributed by atoms with E-state index in [2.05, 4.69) is 4.90 Å². The number of ether oxygens (including phenoxy) is 1. The standard InChI is InChI=1S/C9H17NO.C2H6/c1-11-9(4-5-9)8-10-6-2-3-7-10;1-2/h2-8H2,1H3;1-2H3. The largest absolute Gasteiger partial charge is 0.377 e. The second-order valence-corrected chi connectivity index (χ2v) is 3.87. The maximum absolute atomic E-state index is 5.47. The van der Waals surface area contributed by atoms with Gasteiger partial charge in [0.2, 0.25) is 0 Å². The molecule has 0 spiro atoms. The van der Waals surface area contributed by atoms with E-state index >= 15 is 0 Å². The number of likely N-dealkylation sites (tertiary alicyclic amines) is 1. The number of rotatable bonds is 3. The lowest BCUT2D eigenvalue weighted by molar-refractivity contribution is 0.0502. The molecule has 0 unspecified atom stereocenters. The molecule has 0 radical (unpaired) electrons. The molecule has 13 heavy (non-hydrogen) atoms. The van der Waals surface area contributed by atoms with Crippen molar-refractivity contribution in [2.45, 2.75) is 45.1 Å². The summed E-state index contributed by atoms with van der Waals surface area (Å²) in [6, 6.07) is 0. The Morgan fingerprint density at radius 3 is 2.08 bits per heavy atom. The van der Waals surface area contributed by atoms with Crippen LogP contribution in [0.3, 0.4) is 0 Å². The fraction of sp³-hybridized carbons (Fsp3) is 1.00. The Hall–Kier alpha value is -0.0800. The smallest absolute Gasteiger partial charge is 0.0807 e. The van der Waals surface area contributed by atoms with E-state index in [-0.39, 0.29) is 5.60 Å². The first-order valence-electron chi connectivity index (χ1n) is 5.62. The van der Waals surface area contributed by atoms with Crippen molar-refractivity contribution in [2.24, 2.45) is 0 Å². The van der Waals surface area contributed by atoms with Crippen molar-refractivity contribution in [2.75, 3.05) is 26.7 Å². The van der Waals surface area contributed by atoms with Crippen LogP contribution in [-0.4, -0.2) is 37.2 Å². The molecule has 1 heterocycles. The minimum absolute atomic E-state index is 0.282. The summed E-state index contributed by atoms with van der Waals surface area (Å²) in [5.41, 5.74) is 0.282. The molecule has 78 valence electrons. The Morgan fingerprint density at radius 2 is 1.69 bits per heavy atom. The highest BCUT2D eigenvalue weighted by molar-refractivity contribution is 4.98. The van der Waals surface area contributed by atoms with Crippen molar-refractivity contribution < 1.29 is 4.74 Å². The molecule has 0 amide bonds. The third-order valence-electron chi connectivity index (χ3n) is 2.95. The highest BCUT2D eigenvalue weighted by atomic mass is 16.5. The molecule has 1 saturated carbocycles. The predicted octanol–water partition coefficient (Wildman–Crippen LogP) is 2.29. The normalized spacial score (nSPS) is 25.2. The van der Waals surface area contributed by atoms with E-state index in [1.807, 2.05) is 21.0 Å². The Morgan fingerprint density at radius 1 is 1.15 bits per heavy atom. The van der Waals surface area contributed by atoms with Gasteiger partial charge < -0.3 is 9.64 Å². The van der Waals surface area contributed by atoms with E-state index in [9.17, 15) is 0 Å². The molecule has 2 aliphatic rings. The molecule has 1 aliphatic carbocycles. The maximum atomic E-state index is 5.47. The molecule has 2 fully saturated rings. The molecule has 0 aromatic carbocycles. The van der Waals surface area contributed by atoms with Crippen LogP contribution in [0.1, 0.15) is 39.5 Å². The Bertz CT molecular complexity index is 137. The Labute approximate surface area is 82.3 Å². The molecule has 0 N–H and O–H groups in total. The minimum atomic E-state index is 0.282. The van der Waals surface area contributed by atoms with E-state index in [0.717, 1.165) is 0 Å². The predicted molar refractivity (Wildman–Crippen MR) is 56.0 cm³/mol. The Balaban J connectivity index is 0.000000396. The van der Waals surface area contributed by atoms with Crippen LogP contribution in [0.15, 0.2) is 0 Å². The van der Waals surface area contributed by atoms with Gasteiger partial charge >= 0.3 is 0 Å². The topological polar surface area (TPSA) is 12.5 Å². The number of methoxy groups -OCH3 is 1. The Kier molecular flexibility index (Phi) is 4.20. The van der Waals surface area contributed by atoms with Crippen molar-refractivity contribution in [3.8, 4) is 0 Å². The molecule has 0 aromatic heterocycles. The van der Waals surface area contributed by atoms with Crippen LogP contribution in [0.2, 0.25) is 0 Å². The van der Waals surface area contributed by atoms with Crippen LogP contribution in [-0.2, 0) is 4.74 Å². The summed E-state index contributed by atoms with van der Waals surface area (Å²) in [5, 5.41) is 0. The van der Waals surface area contributed by atoms with Gasteiger partial charge in [-0.15, -0.1) is 0 Å². The zero-order valence-electron chi connectivity index (χ0n) is 9.31. The number of hydrogen-bond donors (Lipinski definition) is 0. The monoisotopic (exact) mass is 185 g/mol. The van der Waals surface area contributed by atoms with Gasteiger partial charge in [0.25, 0.3) is 0 Å². The van der Waals surface area contributed by atoms with Crippen molar-refractivity contribution in [1.29, 1.82) is 0 Å². The lowest BCUT2D eigenvalue weighted by atomic mass is 10.3. The highest BCUT2D eigenvalue weighted by Crippen LogP contribution is 2.39. The van der Waals surface area contributed by atoms with E-state index in [1.165, 1.54) is 45.3 Å². The lowest BCUT2D eigenvalue weighted by Gasteiger charge is -2.21. The summed E-state index contributed by atoms with van der Waals surface area (Å²) in [5.74, 6) is 0. The summed E-state index contributed by atoms with van der Waals surface area (Å²) in [4.78, 5) is 2.54. The fourth-order valence-corrected chi connectivity index (χ4v) is 1.91. The minimum Gasteiger partial charge on any atom is -0.377 e. The van der Waals surface area contributed by atoms with Crippen molar-refractivity contribution in [1.82, 2.24) is 4.90 Å². The average Bonchev–Trinajstić information content (AvgIpc) is 2.77. The van der Waals surface area contributed by atoms with E-state index in [0.29, 0.717) is 0 Å². The van der Waals surface area contributed by atoms with Gasteiger partial charge in [-0.25, -0.2) is 0 Å². The molecule has 2 rings (SSSR count). The number of nitrogens with zero attached hydrogens (tertiary/aromatic N) is 1. The van der Waals surface area contributed by atoms with Crippen molar-refractivity contribution >= 4 is 0 Å². The van der Waals surface area contributed by atoms with Crippen LogP contribution in [0.5, 0.6) is 0 Å². The first kappa shape index (κ1) is 11.0. The molecule has 2 heteroatoms. The molecule has 0 atom stereocenters. The highest BCUT2D eigenvalue weighted by Gasteiger charge is 2.44. The summed E-state index contributed by atoms with van der Waals surface area (Å²) in [6.07, 6.45) is 5.33. The van der Waals surface area contributed by atoms with Gasteiger partial charge in [0, 0.05) is 13.7 Å². The van der Waals surface area contributed by atoms with Crippen molar-refractivity contribution in [3.63, 3.8) is 0 Å². The molecular formula is C11H23NO. The molecule has 2 nitrogen and oxygen atoms in total. The van der Waals surface area contributed by atoms with E-state index < -0.39 is 0 Å². The van der Waals surface area contributed by atoms with E-state index in [1.54, 1.807) is 0 Å². The summed E-state index contributed by atoms with van der Waals surface area (Å²) >= 11 is 0. The molecular weight excluding hydrogens is 162 g/mol. The van der Waals surface area contributed by atoms with Crippen LogP contribution in [0.4, 0.5) is 0 Å². The van der Waals surface area contributed by atoms with Crippen molar-refractivity contribution in [3.05, 3.63) is 0 Å². The van der Waals surface area contributed by atoms with Gasteiger partial charge in [-0.2, -0.15) is 0 Å². The van der Waals surface area contributed by atoms with Crippen LogP contribution >= 0.6 is 0 Å². The average molecular weight is 185 g/mol. The fourth-order valence-electron chi connectivity index (χ4n) is 1.91. The first-order valence-corrected chi connectivity index (χ1v) is 5.62.